The van der Waals surface area contributed by atoms with E-state index in [0.717, 1.165) is 32.1 Å². The van der Waals surface area contributed by atoms with Gasteiger partial charge in [-0.1, -0.05) is 45.0 Å². The van der Waals surface area contributed by atoms with Crippen LogP contribution in [0.1, 0.15) is 51.7 Å². The molecule has 1 saturated heterocycles. The van der Waals surface area contributed by atoms with Gasteiger partial charge in [0.1, 0.15) is 0 Å². The van der Waals surface area contributed by atoms with Crippen LogP contribution in [0.3, 0.4) is 0 Å². The average molecular weight is 376 g/mol. The molecule has 1 aromatic carbocycles. The molecule has 1 aliphatic rings. The normalized spacial score (nSPS) is 21.1. The van der Waals surface area contributed by atoms with Gasteiger partial charge in [0, 0.05) is 32.7 Å². The Kier molecular flexibility index (Phi) is 8.58. The Balaban J connectivity index is 2.01. The van der Waals surface area contributed by atoms with Gasteiger partial charge in [0.15, 0.2) is 5.96 Å². The summed E-state index contributed by atoms with van der Waals surface area (Å²) in [6.45, 7) is 12.7. The Morgan fingerprint density at radius 3 is 2.63 bits per heavy atom. The van der Waals surface area contributed by atoms with Crippen molar-refractivity contribution in [1.29, 1.82) is 0 Å². The van der Waals surface area contributed by atoms with Crippen LogP contribution < -0.4 is 10.6 Å². The summed E-state index contributed by atoms with van der Waals surface area (Å²) >= 11 is 0. The molecule has 0 amide bonds. The molecule has 5 nitrogen and oxygen atoms in total. The average Bonchev–Trinajstić information content (AvgIpc) is 2.65. The number of methoxy groups -OCH3 is 1. The first-order valence-electron chi connectivity index (χ1n) is 10.1. The summed E-state index contributed by atoms with van der Waals surface area (Å²) in [7, 11) is 1.73. The van der Waals surface area contributed by atoms with E-state index in [1.165, 1.54) is 17.5 Å². The summed E-state index contributed by atoms with van der Waals surface area (Å²) in [5.41, 5.74) is 2.54. The zero-order valence-electron chi connectivity index (χ0n) is 17.7. The summed E-state index contributed by atoms with van der Waals surface area (Å²) < 4.78 is 11.4. The minimum absolute atomic E-state index is 0.154. The van der Waals surface area contributed by atoms with Crippen LogP contribution in [0.15, 0.2) is 29.3 Å². The molecule has 0 aliphatic carbocycles. The Morgan fingerprint density at radius 1 is 1.22 bits per heavy atom. The predicted molar refractivity (Wildman–Crippen MR) is 112 cm³/mol. The number of aliphatic imine (C=N–C) groups is 1. The van der Waals surface area contributed by atoms with Gasteiger partial charge in [0.25, 0.3) is 0 Å². The lowest BCUT2D eigenvalue weighted by Gasteiger charge is -2.40. The molecule has 1 aromatic rings. The third-order valence-corrected chi connectivity index (χ3v) is 5.00. The number of guanidine groups is 1. The van der Waals surface area contributed by atoms with Crippen molar-refractivity contribution in [2.45, 2.75) is 59.8 Å². The first-order chi connectivity index (χ1) is 13.0. The molecule has 0 radical (unpaired) electrons. The van der Waals surface area contributed by atoms with Gasteiger partial charge in [0.2, 0.25) is 0 Å². The van der Waals surface area contributed by atoms with Gasteiger partial charge in [-0.3, -0.25) is 0 Å². The van der Waals surface area contributed by atoms with E-state index in [1.54, 1.807) is 7.11 Å². The fourth-order valence-electron chi connectivity index (χ4n) is 3.75. The summed E-state index contributed by atoms with van der Waals surface area (Å²) in [4.78, 5) is 4.80. The van der Waals surface area contributed by atoms with E-state index in [1.807, 2.05) is 6.07 Å². The zero-order valence-corrected chi connectivity index (χ0v) is 17.7. The topological polar surface area (TPSA) is 54.9 Å². The molecule has 27 heavy (non-hydrogen) atoms. The molecule has 2 atom stereocenters. The van der Waals surface area contributed by atoms with Crippen molar-refractivity contribution < 1.29 is 9.47 Å². The molecule has 1 aliphatic heterocycles. The second-order valence-electron chi connectivity index (χ2n) is 8.34. The fourth-order valence-corrected chi connectivity index (χ4v) is 3.75. The van der Waals surface area contributed by atoms with Crippen molar-refractivity contribution in [3.8, 4) is 0 Å². The number of ether oxygens (including phenoxy) is 2. The molecule has 1 fully saturated rings. The Labute approximate surface area is 164 Å². The van der Waals surface area contributed by atoms with E-state index in [0.29, 0.717) is 19.1 Å². The highest BCUT2D eigenvalue weighted by Crippen LogP contribution is 2.33. The minimum atomic E-state index is 0.154. The van der Waals surface area contributed by atoms with Crippen LogP contribution in [0, 0.1) is 11.3 Å². The molecule has 0 saturated carbocycles. The number of nitrogens with zero attached hydrogens (tertiary/aromatic N) is 1. The second-order valence-corrected chi connectivity index (χ2v) is 8.34. The van der Waals surface area contributed by atoms with E-state index in [-0.39, 0.29) is 11.5 Å². The van der Waals surface area contributed by atoms with Crippen molar-refractivity contribution in [2.24, 2.45) is 16.3 Å². The van der Waals surface area contributed by atoms with Gasteiger partial charge >= 0.3 is 0 Å². The third kappa shape index (κ3) is 6.82. The molecule has 2 N–H and O–H groups in total. The molecule has 2 unspecified atom stereocenters. The smallest absolute Gasteiger partial charge is 0.191 e. The largest absolute Gasteiger partial charge is 0.380 e. The van der Waals surface area contributed by atoms with Crippen LogP contribution in [-0.4, -0.2) is 38.9 Å². The summed E-state index contributed by atoms with van der Waals surface area (Å²) in [5.74, 6) is 1.37. The monoisotopic (exact) mass is 375 g/mol. The van der Waals surface area contributed by atoms with Crippen LogP contribution in [0.25, 0.3) is 0 Å². The van der Waals surface area contributed by atoms with E-state index >= 15 is 0 Å². The fraction of sp³-hybridized carbons (Fsp3) is 0.682. The molecule has 152 valence electrons. The highest BCUT2D eigenvalue weighted by atomic mass is 16.5. The van der Waals surface area contributed by atoms with Gasteiger partial charge in [-0.25, -0.2) is 4.99 Å². The first kappa shape index (κ1) is 21.7. The van der Waals surface area contributed by atoms with E-state index in [4.69, 9.17) is 14.5 Å². The number of hydrogen-bond acceptors (Lipinski definition) is 3. The zero-order chi connectivity index (χ0) is 19.7. The highest BCUT2D eigenvalue weighted by Gasteiger charge is 2.35. The maximum Gasteiger partial charge on any atom is 0.191 e. The summed E-state index contributed by atoms with van der Waals surface area (Å²) in [6.07, 6.45) is 2.62. The SMILES string of the molecule is CCNC(=NCc1ccccc1COC)NCC1CCCOC1C(C)(C)C. The second kappa shape index (κ2) is 10.7. The standard InChI is InChI=1S/C22H37N3O2/c1-6-23-21(24-14-17-10-7-8-11-19(17)16-26-5)25-15-18-12-9-13-27-20(18)22(2,3)4/h7-8,10-11,18,20H,6,9,12-16H2,1-5H3,(H2,23,24,25). The van der Waals surface area contributed by atoms with Crippen molar-refractivity contribution in [1.82, 2.24) is 10.6 Å². The molecular formula is C22H37N3O2. The van der Waals surface area contributed by atoms with Crippen LogP contribution in [0.4, 0.5) is 0 Å². The molecular weight excluding hydrogens is 338 g/mol. The van der Waals surface area contributed by atoms with Gasteiger partial charge in [-0.15, -0.1) is 0 Å². The highest BCUT2D eigenvalue weighted by molar-refractivity contribution is 5.79. The van der Waals surface area contributed by atoms with E-state index in [2.05, 4.69) is 56.5 Å². The van der Waals surface area contributed by atoms with Crippen molar-refractivity contribution in [3.63, 3.8) is 0 Å². The molecule has 0 aromatic heterocycles. The third-order valence-electron chi connectivity index (χ3n) is 5.00. The molecule has 2 rings (SSSR count). The molecule has 0 spiro atoms. The van der Waals surface area contributed by atoms with Crippen LogP contribution in [-0.2, 0) is 22.6 Å². The predicted octanol–water partition coefficient (Wildman–Crippen LogP) is 3.73. The maximum atomic E-state index is 6.11. The van der Waals surface area contributed by atoms with Crippen molar-refractivity contribution >= 4 is 5.96 Å². The Bertz CT molecular complexity index is 595. The van der Waals surface area contributed by atoms with E-state index in [9.17, 15) is 0 Å². The lowest BCUT2D eigenvalue weighted by atomic mass is 9.78. The lowest BCUT2D eigenvalue weighted by Crippen LogP contribution is -2.47. The van der Waals surface area contributed by atoms with Crippen LogP contribution in [0.5, 0.6) is 0 Å². The molecule has 1 heterocycles. The Hall–Kier alpha value is -1.59. The van der Waals surface area contributed by atoms with Crippen LogP contribution in [0.2, 0.25) is 0 Å². The molecule has 0 bridgehead atoms. The summed E-state index contributed by atoms with van der Waals surface area (Å²) in [5, 5.41) is 6.91. The van der Waals surface area contributed by atoms with Gasteiger partial charge in [0.05, 0.1) is 19.3 Å². The van der Waals surface area contributed by atoms with Gasteiger partial charge in [-0.2, -0.15) is 0 Å². The molecule has 5 heteroatoms. The van der Waals surface area contributed by atoms with Crippen molar-refractivity contribution in [3.05, 3.63) is 35.4 Å². The number of hydrogen-bond donors (Lipinski definition) is 2. The Morgan fingerprint density at radius 2 is 1.96 bits per heavy atom. The lowest BCUT2D eigenvalue weighted by molar-refractivity contribution is -0.0835. The number of nitrogens with one attached hydrogen (secondary N) is 2. The first-order valence-corrected chi connectivity index (χ1v) is 10.1. The number of rotatable bonds is 7. The minimum Gasteiger partial charge on any atom is -0.380 e. The quantitative estimate of drug-likeness (QED) is 0.563. The van der Waals surface area contributed by atoms with Gasteiger partial charge in [-0.05, 0) is 36.3 Å². The van der Waals surface area contributed by atoms with Gasteiger partial charge < -0.3 is 20.1 Å². The van der Waals surface area contributed by atoms with Crippen LogP contribution >= 0.6 is 0 Å². The van der Waals surface area contributed by atoms with E-state index < -0.39 is 0 Å². The summed E-state index contributed by atoms with van der Waals surface area (Å²) in [6, 6.07) is 8.31. The van der Waals surface area contributed by atoms with Crippen molar-refractivity contribution in [2.75, 3.05) is 26.8 Å². The number of benzene rings is 1. The maximum absolute atomic E-state index is 6.11.